The van der Waals surface area contributed by atoms with E-state index in [0.29, 0.717) is 29.1 Å². The van der Waals surface area contributed by atoms with Crippen molar-refractivity contribution in [2.24, 2.45) is 5.10 Å². The summed E-state index contributed by atoms with van der Waals surface area (Å²) in [4.78, 5) is 20.4. The van der Waals surface area contributed by atoms with E-state index in [-0.39, 0.29) is 5.56 Å². The number of ether oxygens (including phenoxy) is 2. The van der Waals surface area contributed by atoms with Crippen LogP contribution < -0.4 is 15.0 Å². The minimum Gasteiger partial charge on any atom is -0.493 e. The lowest BCUT2D eigenvalue weighted by atomic mass is 10.2. The molecule has 0 saturated carbocycles. The smallest absolute Gasteiger partial charge is 0.298 e. The molecule has 4 aromatic rings. The molecule has 0 bridgehead atoms. The largest absolute Gasteiger partial charge is 0.493 e. The number of nitrogens with zero attached hydrogens (tertiary/aromatic N) is 3. The minimum atomic E-state index is -0.256. The molecule has 0 amide bonds. The Bertz CT molecular complexity index is 1250. The highest BCUT2D eigenvalue weighted by Crippen LogP contribution is 2.27. The van der Waals surface area contributed by atoms with Crippen molar-refractivity contribution < 1.29 is 9.47 Å². The van der Waals surface area contributed by atoms with Crippen LogP contribution in [0.2, 0.25) is 0 Å². The predicted molar refractivity (Wildman–Crippen MR) is 110 cm³/mol. The molecule has 7 nitrogen and oxygen atoms in total. The highest BCUT2D eigenvalue weighted by molar-refractivity contribution is 6.04. The van der Waals surface area contributed by atoms with E-state index in [9.17, 15) is 4.79 Å². The van der Waals surface area contributed by atoms with Crippen LogP contribution in [-0.2, 0) is 0 Å². The van der Waals surface area contributed by atoms with Crippen molar-refractivity contribution >= 4 is 28.2 Å². The first kappa shape index (κ1) is 17.8. The van der Waals surface area contributed by atoms with E-state index >= 15 is 0 Å². The van der Waals surface area contributed by atoms with Crippen molar-refractivity contribution in [3.63, 3.8) is 0 Å². The van der Waals surface area contributed by atoms with Crippen LogP contribution in [0.1, 0.15) is 18.1 Å². The summed E-state index contributed by atoms with van der Waals surface area (Å²) in [7, 11) is 1.58. The molecule has 1 N–H and O–H groups in total. The number of hydrogen-bond donors (Lipinski definition) is 1. The highest BCUT2D eigenvalue weighted by atomic mass is 16.5. The quantitative estimate of drug-likeness (QED) is 0.541. The van der Waals surface area contributed by atoms with Crippen molar-refractivity contribution in [1.29, 1.82) is 0 Å². The van der Waals surface area contributed by atoms with Gasteiger partial charge in [-0.05, 0) is 49.7 Å². The molecule has 7 heteroatoms. The van der Waals surface area contributed by atoms with Crippen molar-refractivity contribution in [2.45, 2.75) is 13.8 Å². The molecule has 0 aliphatic rings. The van der Waals surface area contributed by atoms with Crippen molar-refractivity contribution in [3.8, 4) is 11.5 Å². The van der Waals surface area contributed by atoms with E-state index in [0.717, 1.165) is 22.0 Å². The second-order valence-electron chi connectivity index (χ2n) is 6.38. The van der Waals surface area contributed by atoms with Crippen LogP contribution in [0, 0.1) is 6.92 Å². The van der Waals surface area contributed by atoms with Gasteiger partial charge in [0.15, 0.2) is 11.5 Å². The van der Waals surface area contributed by atoms with Gasteiger partial charge in [-0.15, -0.1) is 0 Å². The Balaban J connectivity index is 1.73. The summed E-state index contributed by atoms with van der Waals surface area (Å²) in [6, 6.07) is 11.4. The van der Waals surface area contributed by atoms with Crippen molar-refractivity contribution in [1.82, 2.24) is 14.6 Å². The number of aromatic amines is 1. The minimum absolute atomic E-state index is 0.256. The zero-order chi connectivity index (χ0) is 19.7. The molecule has 0 atom stereocenters. The molecule has 0 saturated heterocycles. The van der Waals surface area contributed by atoms with Crippen LogP contribution in [0.15, 0.2) is 52.6 Å². The van der Waals surface area contributed by atoms with Gasteiger partial charge in [0, 0.05) is 10.9 Å². The molecule has 0 fully saturated rings. The normalized spacial score (nSPS) is 11.5. The van der Waals surface area contributed by atoms with Gasteiger partial charge in [0.05, 0.1) is 19.9 Å². The summed E-state index contributed by atoms with van der Waals surface area (Å²) in [6.07, 6.45) is 3.02. The lowest BCUT2D eigenvalue weighted by Crippen LogP contribution is -2.17. The third-order valence-electron chi connectivity index (χ3n) is 4.46. The number of fused-ring (bicyclic) bond motifs is 3. The molecule has 2 heterocycles. The number of aryl methyl sites for hydroxylation is 1. The number of benzene rings is 2. The maximum absolute atomic E-state index is 12.8. The zero-order valence-electron chi connectivity index (χ0n) is 15.9. The van der Waals surface area contributed by atoms with E-state index in [1.54, 1.807) is 19.4 Å². The number of rotatable bonds is 5. The molecule has 0 aliphatic heterocycles. The van der Waals surface area contributed by atoms with Gasteiger partial charge in [0.25, 0.3) is 5.56 Å². The van der Waals surface area contributed by atoms with Crippen LogP contribution >= 0.6 is 0 Å². The lowest BCUT2D eigenvalue weighted by molar-refractivity contribution is 0.311. The number of methoxy groups -OCH3 is 1. The Labute approximate surface area is 161 Å². The van der Waals surface area contributed by atoms with Gasteiger partial charge < -0.3 is 14.5 Å². The third kappa shape index (κ3) is 3.11. The van der Waals surface area contributed by atoms with Gasteiger partial charge >= 0.3 is 0 Å². The van der Waals surface area contributed by atoms with E-state index in [2.05, 4.69) is 15.1 Å². The number of hydrogen-bond acceptors (Lipinski definition) is 5. The molecule has 4 rings (SSSR count). The molecule has 0 unspecified atom stereocenters. The SMILES string of the molecule is CCOc1ccc(/C=N/n2cnc3c([nH]c4ccc(C)cc43)c2=O)cc1OC. The average Bonchev–Trinajstić information content (AvgIpc) is 3.07. The van der Waals surface area contributed by atoms with E-state index < -0.39 is 0 Å². The standard InChI is InChI=1S/C21H20N4O3/c1-4-28-17-8-6-14(10-18(17)27-3)11-23-25-12-22-19-15-9-13(2)5-7-16(15)24-20(19)21(25)26/h5-12,24H,4H2,1-3H3/b23-11+. The highest BCUT2D eigenvalue weighted by Gasteiger charge is 2.11. The Morgan fingerprint density at radius 3 is 2.86 bits per heavy atom. The van der Waals surface area contributed by atoms with Crippen molar-refractivity contribution in [2.75, 3.05) is 13.7 Å². The number of aromatic nitrogens is 3. The van der Waals surface area contributed by atoms with Gasteiger partial charge in [0.2, 0.25) is 0 Å². The molecule has 2 aromatic carbocycles. The second kappa shape index (κ2) is 7.19. The summed E-state index contributed by atoms with van der Waals surface area (Å²) in [5.74, 6) is 1.27. The third-order valence-corrected chi connectivity index (χ3v) is 4.46. The van der Waals surface area contributed by atoms with Gasteiger partial charge in [-0.25, -0.2) is 4.98 Å². The topological polar surface area (TPSA) is 81.5 Å². The molecule has 0 aliphatic carbocycles. The van der Waals surface area contributed by atoms with Crippen LogP contribution in [-0.4, -0.2) is 34.6 Å². The van der Waals surface area contributed by atoms with Crippen LogP contribution in [0.3, 0.4) is 0 Å². The van der Waals surface area contributed by atoms with Crippen LogP contribution in [0.5, 0.6) is 11.5 Å². The fourth-order valence-corrected chi connectivity index (χ4v) is 3.11. The molecule has 2 aromatic heterocycles. The monoisotopic (exact) mass is 376 g/mol. The summed E-state index contributed by atoms with van der Waals surface area (Å²) in [6.45, 7) is 4.47. The Morgan fingerprint density at radius 2 is 2.07 bits per heavy atom. The fourth-order valence-electron chi connectivity index (χ4n) is 3.11. The Kier molecular flexibility index (Phi) is 4.57. The van der Waals surface area contributed by atoms with Gasteiger partial charge in [-0.2, -0.15) is 9.78 Å². The first-order valence-corrected chi connectivity index (χ1v) is 8.95. The van der Waals surface area contributed by atoms with Crippen LogP contribution in [0.25, 0.3) is 21.9 Å². The van der Waals surface area contributed by atoms with E-state index in [1.165, 1.54) is 11.0 Å². The summed E-state index contributed by atoms with van der Waals surface area (Å²) in [5.41, 5.74) is 3.60. The van der Waals surface area contributed by atoms with E-state index in [1.807, 2.05) is 44.2 Å². The Morgan fingerprint density at radius 1 is 1.21 bits per heavy atom. The van der Waals surface area contributed by atoms with Gasteiger partial charge in [-0.1, -0.05) is 11.6 Å². The maximum Gasteiger partial charge on any atom is 0.298 e. The molecular weight excluding hydrogens is 356 g/mol. The Hall–Kier alpha value is -3.61. The number of H-pyrrole nitrogens is 1. The summed E-state index contributed by atoms with van der Waals surface area (Å²) < 4.78 is 12.1. The average molecular weight is 376 g/mol. The second-order valence-corrected chi connectivity index (χ2v) is 6.38. The first-order chi connectivity index (χ1) is 13.6. The summed E-state index contributed by atoms with van der Waals surface area (Å²) in [5, 5.41) is 5.20. The van der Waals surface area contributed by atoms with Crippen LogP contribution in [0.4, 0.5) is 0 Å². The van der Waals surface area contributed by atoms with Crippen molar-refractivity contribution in [3.05, 3.63) is 64.2 Å². The molecule has 28 heavy (non-hydrogen) atoms. The first-order valence-electron chi connectivity index (χ1n) is 8.95. The predicted octanol–water partition coefficient (Wildman–Crippen LogP) is 3.48. The van der Waals surface area contributed by atoms with Gasteiger partial charge in [-0.3, -0.25) is 4.79 Å². The zero-order valence-corrected chi connectivity index (χ0v) is 15.9. The molecule has 142 valence electrons. The molecular formula is C21H20N4O3. The lowest BCUT2D eigenvalue weighted by Gasteiger charge is -2.09. The number of nitrogens with one attached hydrogen (secondary N) is 1. The molecule has 0 spiro atoms. The van der Waals surface area contributed by atoms with E-state index in [4.69, 9.17) is 9.47 Å². The summed E-state index contributed by atoms with van der Waals surface area (Å²) >= 11 is 0. The maximum atomic E-state index is 12.8. The fraction of sp³-hybridized carbons (Fsp3) is 0.190. The molecule has 0 radical (unpaired) electrons. The van der Waals surface area contributed by atoms with Gasteiger partial charge in [0.1, 0.15) is 17.4 Å².